The average Bonchev–Trinajstić information content (AvgIpc) is 3.26. The van der Waals surface area contributed by atoms with Gasteiger partial charge < -0.3 is 9.15 Å². The molecule has 9 heteroatoms. The molecule has 2 heterocycles. The summed E-state index contributed by atoms with van der Waals surface area (Å²) in [5, 5.41) is 7.46. The summed E-state index contributed by atoms with van der Waals surface area (Å²) in [6.45, 7) is 1.84. The Hall–Kier alpha value is -2.91. The highest BCUT2D eigenvalue weighted by atomic mass is 32.2. The lowest BCUT2D eigenvalue weighted by atomic mass is 10.2. The highest BCUT2D eigenvalue weighted by Gasteiger charge is 2.26. The van der Waals surface area contributed by atoms with E-state index in [1.807, 2.05) is 13.0 Å². The summed E-state index contributed by atoms with van der Waals surface area (Å²) in [6, 6.07) is 8.83. The van der Waals surface area contributed by atoms with Gasteiger partial charge in [0.2, 0.25) is 15.9 Å². The molecular weight excluding hydrogens is 368 g/mol. The predicted molar refractivity (Wildman–Crippen MR) is 100 cm³/mol. The third kappa shape index (κ3) is 2.94. The van der Waals surface area contributed by atoms with Crippen molar-refractivity contribution in [3.05, 3.63) is 48.0 Å². The molecule has 1 N–H and O–H groups in total. The summed E-state index contributed by atoms with van der Waals surface area (Å²) in [4.78, 5) is 4.56. The molecule has 8 nitrogen and oxygen atoms in total. The Morgan fingerprint density at radius 1 is 1.30 bits per heavy atom. The van der Waals surface area contributed by atoms with Crippen LogP contribution in [0.3, 0.4) is 0 Å². The average molecular weight is 386 g/mol. The Morgan fingerprint density at radius 2 is 2.11 bits per heavy atom. The van der Waals surface area contributed by atoms with Gasteiger partial charge in [-0.05, 0) is 36.8 Å². The summed E-state index contributed by atoms with van der Waals surface area (Å²) in [5.41, 5.74) is 2.42. The zero-order chi connectivity index (χ0) is 19.2. The van der Waals surface area contributed by atoms with Crippen LogP contribution in [0.1, 0.15) is 11.5 Å². The van der Waals surface area contributed by atoms with Gasteiger partial charge in [-0.1, -0.05) is 6.07 Å². The Labute approximate surface area is 155 Å². The Morgan fingerprint density at radius 3 is 2.89 bits per heavy atom. The zero-order valence-corrected chi connectivity index (χ0v) is 15.9. The number of ether oxygens (including phenoxy) is 1. The molecule has 0 radical (unpaired) electrons. The molecule has 2 aromatic heterocycles. The third-order valence-corrected chi connectivity index (χ3v) is 6.18. The Balaban J connectivity index is 1.71. The fourth-order valence-electron chi connectivity index (χ4n) is 3.02. The van der Waals surface area contributed by atoms with Crippen molar-refractivity contribution >= 4 is 32.0 Å². The summed E-state index contributed by atoms with van der Waals surface area (Å²) in [5.74, 6) is 0.861. The van der Waals surface area contributed by atoms with Crippen LogP contribution in [0.4, 0.5) is 0 Å². The maximum Gasteiger partial charge on any atom is 0.245 e. The first-order valence-corrected chi connectivity index (χ1v) is 9.66. The van der Waals surface area contributed by atoms with Crippen molar-refractivity contribution in [2.45, 2.75) is 18.4 Å². The van der Waals surface area contributed by atoms with Crippen LogP contribution in [0.15, 0.2) is 45.8 Å². The second kappa shape index (κ2) is 6.36. The molecule has 140 valence electrons. The van der Waals surface area contributed by atoms with E-state index >= 15 is 0 Å². The number of sulfonamides is 1. The van der Waals surface area contributed by atoms with E-state index in [4.69, 9.17) is 9.15 Å². The standard InChI is InChI=1S/C18H18N4O4S/c1-11-7-12-9-19-21-17(12)15(8-11)27(23,24)22(2)10-16-20-18-13(25-3)5-4-6-14(18)26-16/h4-9H,10H2,1-3H3,(H,19,21). The molecule has 0 bridgehead atoms. The Kier molecular flexibility index (Phi) is 4.12. The summed E-state index contributed by atoms with van der Waals surface area (Å²) >= 11 is 0. The molecule has 0 saturated carbocycles. The number of oxazole rings is 1. The van der Waals surface area contributed by atoms with Crippen LogP contribution in [0, 0.1) is 6.92 Å². The first-order valence-electron chi connectivity index (χ1n) is 8.22. The van der Waals surface area contributed by atoms with E-state index < -0.39 is 10.0 Å². The van der Waals surface area contributed by atoms with Gasteiger partial charge in [0.25, 0.3) is 0 Å². The molecular formula is C18H18N4O4S. The third-order valence-electron chi connectivity index (χ3n) is 4.35. The monoisotopic (exact) mass is 386 g/mol. The number of benzene rings is 2. The number of para-hydroxylation sites is 1. The number of methoxy groups -OCH3 is 1. The second-order valence-corrected chi connectivity index (χ2v) is 8.29. The minimum absolute atomic E-state index is 0.0102. The van der Waals surface area contributed by atoms with Gasteiger partial charge in [0.05, 0.1) is 25.4 Å². The molecule has 0 amide bonds. The second-order valence-electron chi connectivity index (χ2n) is 6.27. The molecule has 0 aliphatic rings. The number of fused-ring (bicyclic) bond motifs is 2. The van der Waals surface area contributed by atoms with Crippen molar-refractivity contribution in [2.75, 3.05) is 14.2 Å². The number of hydrogen-bond acceptors (Lipinski definition) is 6. The smallest absolute Gasteiger partial charge is 0.245 e. The van der Waals surface area contributed by atoms with Crippen LogP contribution in [-0.2, 0) is 16.6 Å². The molecule has 0 spiro atoms. The first-order chi connectivity index (χ1) is 12.9. The van der Waals surface area contributed by atoms with Crippen LogP contribution >= 0.6 is 0 Å². The van der Waals surface area contributed by atoms with Crippen LogP contribution in [0.2, 0.25) is 0 Å². The van der Waals surface area contributed by atoms with E-state index in [-0.39, 0.29) is 17.3 Å². The molecule has 0 aliphatic heterocycles. The highest BCUT2D eigenvalue weighted by molar-refractivity contribution is 7.89. The number of aryl methyl sites for hydroxylation is 1. The SMILES string of the molecule is COc1cccc2oc(CN(C)S(=O)(=O)c3cc(C)cc4cn[nH]c34)nc12. The van der Waals surface area contributed by atoms with E-state index in [2.05, 4.69) is 15.2 Å². The van der Waals surface area contributed by atoms with E-state index in [0.717, 1.165) is 10.9 Å². The highest BCUT2D eigenvalue weighted by Crippen LogP contribution is 2.28. The molecule has 0 atom stereocenters. The molecule has 4 rings (SSSR count). The van der Waals surface area contributed by atoms with Gasteiger partial charge in [0.1, 0.15) is 10.6 Å². The van der Waals surface area contributed by atoms with Gasteiger partial charge in [0.15, 0.2) is 11.1 Å². The van der Waals surface area contributed by atoms with Crippen molar-refractivity contribution in [1.82, 2.24) is 19.5 Å². The predicted octanol–water partition coefficient (Wildman–Crippen LogP) is 2.84. The van der Waals surface area contributed by atoms with Gasteiger partial charge in [0, 0.05) is 12.4 Å². The molecule has 2 aromatic carbocycles. The molecule has 0 unspecified atom stereocenters. The normalized spacial score (nSPS) is 12.3. The summed E-state index contributed by atoms with van der Waals surface area (Å²) < 4.78 is 38.4. The number of nitrogens with one attached hydrogen (secondary N) is 1. The number of aromatic amines is 1. The topological polar surface area (TPSA) is 101 Å². The number of hydrogen-bond donors (Lipinski definition) is 1. The number of nitrogens with zero attached hydrogens (tertiary/aromatic N) is 3. The minimum Gasteiger partial charge on any atom is -0.494 e. The van der Waals surface area contributed by atoms with Crippen molar-refractivity contribution in [1.29, 1.82) is 0 Å². The fraction of sp³-hybridized carbons (Fsp3) is 0.222. The van der Waals surface area contributed by atoms with Crippen LogP contribution in [0.5, 0.6) is 5.75 Å². The Bertz CT molecular complexity index is 1240. The number of aromatic nitrogens is 3. The maximum atomic E-state index is 13.1. The lowest BCUT2D eigenvalue weighted by molar-refractivity contribution is 0.407. The van der Waals surface area contributed by atoms with Crippen LogP contribution < -0.4 is 4.74 Å². The van der Waals surface area contributed by atoms with Gasteiger partial charge in [-0.2, -0.15) is 9.40 Å². The van der Waals surface area contributed by atoms with E-state index in [1.165, 1.54) is 11.4 Å². The fourth-order valence-corrected chi connectivity index (χ4v) is 4.39. The molecule has 0 aliphatic carbocycles. The maximum absolute atomic E-state index is 13.1. The quantitative estimate of drug-likeness (QED) is 0.566. The van der Waals surface area contributed by atoms with Crippen molar-refractivity contribution in [2.24, 2.45) is 0 Å². The zero-order valence-electron chi connectivity index (χ0n) is 15.1. The van der Waals surface area contributed by atoms with Crippen molar-refractivity contribution in [3.8, 4) is 5.75 Å². The number of H-pyrrole nitrogens is 1. The van der Waals surface area contributed by atoms with Gasteiger partial charge in [-0.3, -0.25) is 5.10 Å². The lowest BCUT2D eigenvalue weighted by Crippen LogP contribution is -2.27. The number of rotatable bonds is 5. The largest absolute Gasteiger partial charge is 0.494 e. The molecule has 4 aromatic rings. The van der Waals surface area contributed by atoms with E-state index in [0.29, 0.717) is 22.4 Å². The van der Waals surface area contributed by atoms with E-state index in [9.17, 15) is 8.42 Å². The van der Waals surface area contributed by atoms with Crippen molar-refractivity contribution < 1.29 is 17.6 Å². The lowest BCUT2D eigenvalue weighted by Gasteiger charge is -2.16. The van der Waals surface area contributed by atoms with Gasteiger partial charge >= 0.3 is 0 Å². The van der Waals surface area contributed by atoms with Gasteiger partial charge in [-0.25, -0.2) is 13.4 Å². The summed E-state index contributed by atoms with van der Waals surface area (Å²) in [6.07, 6.45) is 1.61. The first kappa shape index (κ1) is 17.5. The molecule has 0 saturated heterocycles. The van der Waals surface area contributed by atoms with E-state index in [1.54, 1.807) is 37.6 Å². The summed E-state index contributed by atoms with van der Waals surface area (Å²) in [7, 11) is -0.738. The molecule has 27 heavy (non-hydrogen) atoms. The van der Waals surface area contributed by atoms with Crippen molar-refractivity contribution in [3.63, 3.8) is 0 Å². The van der Waals surface area contributed by atoms with Crippen LogP contribution in [0.25, 0.3) is 22.0 Å². The minimum atomic E-state index is -3.78. The van der Waals surface area contributed by atoms with Gasteiger partial charge in [-0.15, -0.1) is 0 Å². The molecule has 0 fully saturated rings. The van der Waals surface area contributed by atoms with Crippen LogP contribution in [-0.4, -0.2) is 42.1 Å².